The number of anilines is 1. The standard InChI is InChI=1S/C10H9Cl2FN2O4/c11-5-1-4(13)2-6(12)8(5)15-10(19)14-7(3-16)9(17)18/h1-2,7,16H,3H2,(H,17,18)(H2,14,15,19). The van der Waals surface area contributed by atoms with E-state index in [-0.39, 0.29) is 15.7 Å². The average Bonchev–Trinajstić information content (AvgIpc) is 2.30. The minimum Gasteiger partial charge on any atom is -0.480 e. The number of carbonyl (C=O) groups excluding carboxylic acids is 1. The highest BCUT2D eigenvalue weighted by Crippen LogP contribution is 2.31. The molecule has 0 aliphatic carbocycles. The topological polar surface area (TPSA) is 98.7 Å². The van der Waals surface area contributed by atoms with Crippen molar-refractivity contribution in [3.63, 3.8) is 0 Å². The fourth-order valence-corrected chi connectivity index (χ4v) is 1.71. The predicted octanol–water partition coefficient (Wildman–Crippen LogP) is 1.70. The zero-order valence-electron chi connectivity index (χ0n) is 9.28. The van der Waals surface area contributed by atoms with Crippen LogP contribution in [0.5, 0.6) is 0 Å². The molecule has 1 aromatic carbocycles. The Morgan fingerprint density at radius 1 is 1.32 bits per heavy atom. The van der Waals surface area contributed by atoms with Gasteiger partial charge in [-0.25, -0.2) is 14.0 Å². The molecule has 0 heterocycles. The summed E-state index contributed by atoms with van der Waals surface area (Å²) in [6.45, 7) is -0.784. The molecule has 1 rings (SSSR count). The number of carboxylic acids is 1. The molecule has 19 heavy (non-hydrogen) atoms. The van der Waals surface area contributed by atoms with E-state index in [0.717, 1.165) is 12.1 Å². The van der Waals surface area contributed by atoms with E-state index >= 15 is 0 Å². The maximum atomic E-state index is 12.9. The number of aliphatic hydroxyl groups excluding tert-OH is 1. The summed E-state index contributed by atoms with van der Waals surface area (Å²) in [6.07, 6.45) is 0. The molecule has 0 fully saturated rings. The Kier molecular flexibility index (Phi) is 5.34. The monoisotopic (exact) mass is 310 g/mol. The summed E-state index contributed by atoms with van der Waals surface area (Å²) in [5.74, 6) is -2.09. The smallest absolute Gasteiger partial charge is 0.328 e. The van der Waals surface area contributed by atoms with E-state index in [9.17, 15) is 14.0 Å². The van der Waals surface area contributed by atoms with Gasteiger partial charge in [0, 0.05) is 0 Å². The van der Waals surface area contributed by atoms with E-state index < -0.39 is 30.5 Å². The molecule has 6 nitrogen and oxygen atoms in total. The number of carbonyl (C=O) groups is 2. The van der Waals surface area contributed by atoms with Crippen LogP contribution < -0.4 is 10.6 Å². The number of urea groups is 1. The fraction of sp³-hybridized carbons (Fsp3) is 0.200. The minimum atomic E-state index is -1.47. The number of halogens is 3. The Hall–Kier alpha value is -1.57. The molecule has 0 spiro atoms. The van der Waals surface area contributed by atoms with Crippen LogP contribution in [0.4, 0.5) is 14.9 Å². The molecule has 4 N–H and O–H groups in total. The molecule has 0 aliphatic heterocycles. The number of aliphatic carboxylic acids is 1. The number of hydrogen-bond acceptors (Lipinski definition) is 3. The number of aliphatic hydroxyl groups is 1. The molecule has 0 aliphatic rings. The van der Waals surface area contributed by atoms with Crippen molar-refractivity contribution in [2.75, 3.05) is 11.9 Å². The number of amides is 2. The van der Waals surface area contributed by atoms with E-state index in [4.69, 9.17) is 33.4 Å². The van der Waals surface area contributed by atoms with Gasteiger partial charge < -0.3 is 20.8 Å². The lowest BCUT2D eigenvalue weighted by atomic mass is 10.3. The van der Waals surface area contributed by atoms with Crippen LogP contribution in [0, 0.1) is 5.82 Å². The van der Waals surface area contributed by atoms with Crippen LogP contribution in [0.3, 0.4) is 0 Å². The minimum absolute atomic E-state index is 0.0655. The Morgan fingerprint density at radius 2 is 1.84 bits per heavy atom. The summed E-state index contributed by atoms with van der Waals surface area (Å²) in [5.41, 5.74) is -0.0655. The fourth-order valence-electron chi connectivity index (χ4n) is 1.15. The second-order valence-corrected chi connectivity index (χ2v) is 4.23. The molecular weight excluding hydrogens is 302 g/mol. The number of benzene rings is 1. The van der Waals surface area contributed by atoms with Crippen LogP contribution in [0.2, 0.25) is 10.0 Å². The lowest BCUT2D eigenvalue weighted by Crippen LogP contribution is -2.45. The van der Waals surface area contributed by atoms with Crippen LogP contribution in [0.25, 0.3) is 0 Å². The van der Waals surface area contributed by atoms with Gasteiger partial charge in [-0.15, -0.1) is 0 Å². The average molecular weight is 311 g/mol. The summed E-state index contributed by atoms with van der Waals surface area (Å²) in [6, 6.07) is -0.553. The van der Waals surface area contributed by atoms with Crippen molar-refractivity contribution < 1.29 is 24.2 Å². The first-order valence-electron chi connectivity index (χ1n) is 4.91. The van der Waals surface area contributed by atoms with Crippen LogP contribution in [-0.4, -0.2) is 34.9 Å². The van der Waals surface area contributed by atoms with Gasteiger partial charge in [-0.2, -0.15) is 0 Å². The third-order valence-corrected chi connectivity index (χ3v) is 2.63. The number of hydrogen-bond donors (Lipinski definition) is 4. The molecular formula is C10H9Cl2FN2O4. The van der Waals surface area contributed by atoms with E-state index in [1.54, 1.807) is 0 Å². The van der Waals surface area contributed by atoms with Gasteiger partial charge in [0.1, 0.15) is 5.82 Å². The van der Waals surface area contributed by atoms with E-state index in [1.165, 1.54) is 0 Å². The van der Waals surface area contributed by atoms with Crippen LogP contribution in [0.15, 0.2) is 12.1 Å². The summed E-state index contributed by atoms with van der Waals surface area (Å²) >= 11 is 11.4. The van der Waals surface area contributed by atoms with Gasteiger partial charge in [0.15, 0.2) is 6.04 Å². The summed E-state index contributed by atoms with van der Waals surface area (Å²) in [5, 5.41) is 21.2. The molecule has 0 saturated carbocycles. The first kappa shape index (κ1) is 15.5. The Balaban J connectivity index is 2.80. The van der Waals surface area contributed by atoms with Gasteiger partial charge in [0.2, 0.25) is 0 Å². The second kappa shape index (κ2) is 6.55. The van der Waals surface area contributed by atoms with Crippen LogP contribution in [0.1, 0.15) is 0 Å². The third-order valence-electron chi connectivity index (χ3n) is 2.03. The molecule has 1 aromatic rings. The van der Waals surface area contributed by atoms with Gasteiger partial charge in [0.05, 0.1) is 22.3 Å². The van der Waals surface area contributed by atoms with Crippen molar-refractivity contribution in [1.82, 2.24) is 5.32 Å². The van der Waals surface area contributed by atoms with Crippen molar-refractivity contribution in [1.29, 1.82) is 0 Å². The SMILES string of the molecule is O=C(Nc1c(Cl)cc(F)cc1Cl)NC(CO)C(=O)O. The quantitative estimate of drug-likeness (QED) is 0.680. The maximum absolute atomic E-state index is 12.9. The normalized spacial score (nSPS) is 11.8. The lowest BCUT2D eigenvalue weighted by molar-refractivity contribution is -0.140. The van der Waals surface area contributed by atoms with Crippen molar-refractivity contribution in [3.05, 3.63) is 28.0 Å². The van der Waals surface area contributed by atoms with E-state index in [0.29, 0.717) is 0 Å². The molecule has 2 amide bonds. The van der Waals surface area contributed by atoms with E-state index in [1.807, 2.05) is 5.32 Å². The first-order valence-corrected chi connectivity index (χ1v) is 5.66. The van der Waals surface area contributed by atoms with Crippen LogP contribution >= 0.6 is 23.2 Å². The maximum Gasteiger partial charge on any atom is 0.328 e. The highest BCUT2D eigenvalue weighted by atomic mass is 35.5. The van der Waals surface area contributed by atoms with Gasteiger partial charge in [0.25, 0.3) is 0 Å². The van der Waals surface area contributed by atoms with Gasteiger partial charge in [-0.1, -0.05) is 23.2 Å². The molecule has 0 aromatic heterocycles. The highest BCUT2D eigenvalue weighted by Gasteiger charge is 2.20. The molecule has 1 unspecified atom stereocenters. The first-order chi connectivity index (χ1) is 8.85. The zero-order chi connectivity index (χ0) is 14.6. The highest BCUT2D eigenvalue weighted by molar-refractivity contribution is 6.39. The van der Waals surface area contributed by atoms with Gasteiger partial charge >= 0.3 is 12.0 Å². The molecule has 104 valence electrons. The summed E-state index contributed by atoms with van der Waals surface area (Å²) in [4.78, 5) is 22.1. The van der Waals surface area contributed by atoms with Gasteiger partial charge in [-0.05, 0) is 12.1 Å². The van der Waals surface area contributed by atoms with Crippen molar-refractivity contribution in [3.8, 4) is 0 Å². The Labute approximate surface area is 117 Å². The third kappa shape index (κ3) is 4.23. The van der Waals surface area contributed by atoms with Crippen molar-refractivity contribution >= 4 is 40.9 Å². The predicted molar refractivity (Wildman–Crippen MR) is 67.1 cm³/mol. The Bertz CT molecular complexity index is 489. The zero-order valence-corrected chi connectivity index (χ0v) is 10.8. The molecule has 0 radical (unpaired) electrons. The van der Waals surface area contributed by atoms with Crippen molar-refractivity contribution in [2.24, 2.45) is 0 Å². The lowest BCUT2D eigenvalue weighted by Gasteiger charge is -2.14. The second-order valence-electron chi connectivity index (χ2n) is 3.42. The number of nitrogens with one attached hydrogen (secondary N) is 2. The molecule has 9 heteroatoms. The number of carboxylic acid groups (broad SMARTS) is 1. The molecule has 1 atom stereocenters. The van der Waals surface area contributed by atoms with Gasteiger partial charge in [-0.3, -0.25) is 0 Å². The molecule has 0 bridgehead atoms. The summed E-state index contributed by atoms with van der Waals surface area (Å²) < 4.78 is 12.9. The largest absolute Gasteiger partial charge is 0.480 e. The van der Waals surface area contributed by atoms with Crippen molar-refractivity contribution in [2.45, 2.75) is 6.04 Å². The van der Waals surface area contributed by atoms with E-state index in [2.05, 4.69) is 5.32 Å². The van der Waals surface area contributed by atoms with Crippen LogP contribution in [-0.2, 0) is 4.79 Å². The number of rotatable bonds is 4. The Morgan fingerprint density at radius 3 is 2.26 bits per heavy atom. The molecule has 0 saturated heterocycles. The summed E-state index contributed by atoms with van der Waals surface area (Å²) in [7, 11) is 0.